The fourth-order valence-corrected chi connectivity index (χ4v) is 2.58. The van der Waals surface area contributed by atoms with E-state index in [-0.39, 0.29) is 24.4 Å². The zero-order chi connectivity index (χ0) is 18.2. The molecule has 0 unspecified atom stereocenters. The predicted octanol–water partition coefficient (Wildman–Crippen LogP) is 2.14. The monoisotopic (exact) mass is 339 g/mol. The van der Waals surface area contributed by atoms with Crippen molar-refractivity contribution in [1.82, 2.24) is 15.5 Å². The molecule has 132 valence electrons. The summed E-state index contributed by atoms with van der Waals surface area (Å²) in [5, 5.41) is 5.66. The third kappa shape index (κ3) is 6.04. The summed E-state index contributed by atoms with van der Waals surface area (Å²) < 4.78 is 0. The summed E-state index contributed by atoms with van der Waals surface area (Å²) in [6, 6.07) is 17.0. The van der Waals surface area contributed by atoms with Crippen molar-refractivity contribution in [2.24, 2.45) is 0 Å². The van der Waals surface area contributed by atoms with Crippen LogP contribution in [0.15, 0.2) is 54.6 Å². The second-order valence-corrected chi connectivity index (χ2v) is 6.35. The summed E-state index contributed by atoms with van der Waals surface area (Å²) in [4.78, 5) is 26.4. The molecule has 0 aromatic heterocycles. The Balaban J connectivity index is 1.93. The van der Waals surface area contributed by atoms with Gasteiger partial charge in [-0.25, -0.2) is 0 Å². The number of carbonyl (C=O) groups is 2. The van der Waals surface area contributed by atoms with Gasteiger partial charge in [-0.3, -0.25) is 9.59 Å². The second kappa shape index (κ2) is 8.99. The number of nitrogens with one attached hydrogen (secondary N) is 2. The molecule has 2 aromatic rings. The van der Waals surface area contributed by atoms with Gasteiger partial charge in [-0.15, -0.1) is 0 Å². The molecule has 0 saturated heterocycles. The minimum Gasteiger partial charge on any atom is -0.346 e. The van der Waals surface area contributed by atoms with Gasteiger partial charge in [0.1, 0.15) is 0 Å². The zero-order valence-electron chi connectivity index (χ0n) is 15.0. The van der Waals surface area contributed by atoms with E-state index in [1.807, 2.05) is 68.4 Å². The first-order valence-electron chi connectivity index (χ1n) is 8.29. The molecule has 2 aromatic carbocycles. The van der Waals surface area contributed by atoms with Crippen molar-refractivity contribution in [2.45, 2.75) is 13.0 Å². The lowest BCUT2D eigenvalue weighted by atomic mass is 10.1. The number of amides is 2. The van der Waals surface area contributed by atoms with Crippen LogP contribution in [0.1, 0.15) is 27.5 Å². The topological polar surface area (TPSA) is 61.4 Å². The SMILES string of the molecule is Cc1cccc(C(=O)NCC(=O)N[C@H](CN(C)C)c2ccccc2)c1. The van der Waals surface area contributed by atoms with E-state index in [2.05, 4.69) is 10.6 Å². The highest BCUT2D eigenvalue weighted by Gasteiger charge is 2.16. The van der Waals surface area contributed by atoms with E-state index in [1.54, 1.807) is 12.1 Å². The number of carbonyl (C=O) groups excluding carboxylic acids is 2. The Kier molecular flexibility index (Phi) is 6.71. The number of rotatable bonds is 7. The highest BCUT2D eigenvalue weighted by Crippen LogP contribution is 2.13. The smallest absolute Gasteiger partial charge is 0.251 e. The van der Waals surface area contributed by atoms with Gasteiger partial charge in [0.15, 0.2) is 0 Å². The van der Waals surface area contributed by atoms with E-state index in [1.165, 1.54) is 0 Å². The Morgan fingerprint density at radius 3 is 2.40 bits per heavy atom. The van der Waals surface area contributed by atoms with E-state index in [9.17, 15) is 9.59 Å². The van der Waals surface area contributed by atoms with Gasteiger partial charge in [0.05, 0.1) is 12.6 Å². The molecular formula is C20H25N3O2. The van der Waals surface area contributed by atoms with Crippen molar-refractivity contribution in [3.63, 3.8) is 0 Å². The summed E-state index contributed by atoms with van der Waals surface area (Å²) in [7, 11) is 3.92. The van der Waals surface area contributed by atoms with E-state index in [4.69, 9.17) is 0 Å². The average Bonchev–Trinajstić information content (AvgIpc) is 2.59. The highest BCUT2D eigenvalue weighted by molar-refractivity contribution is 5.96. The molecule has 0 radical (unpaired) electrons. The molecule has 2 rings (SSSR count). The summed E-state index contributed by atoms with van der Waals surface area (Å²) in [5.74, 6) is -0.459. The quantitative estimate of drug-likeness (QED) is 0.812. The standard InChI is InChI=1S/C20H25N3O2/c1-15-8-7-11-17(12-15)20(25)21-13-19(24)22-18(14-23(2)3)16-9-5-4-6-10-16/h4-12,18H,13-14H2,1-3H3,(H,21,25)(H,22,24)/t18-/m1/s1. The average molecular weight is 339 g/mol. The van der Waals surface area contributed by atoms with Crippen LogP contribution in [0.5, 0.6) is 0 Å². The van der Waals surface area contributed by atoms with Gasteiger partial charge in [-0.05, 0) is 38.7 Å². The molecule has 25 heavy (non-hydrogen) atoms. The van der Waals surface area contributed by atoms with Crippen LogP contribution in [0.25, 0.3) is 0 Å². The molecule has 0 bridgehead atoms. The maximum atomic E-state index is 12.3. The number of hydrogen-bond acceptors (Lipinski definition) is 3. The first-order valence-corrected chi connectivity index (χ1v) is 8.29. The van der Waals surface area contributed by atoms with Crippen LogP contribution in [0.3, 0.4) is 0 Å². The normalized spacial score (nSPS) is 11.8. The van der Waals surface area contributed by atoms with Crippen LogP contribution in [-0.2, 0) is 4.79 Å². The van der Waals surface area contributed by atoms with Crippen molar-refractivity contribution in [2.75, 3.05) is 27.2 Å². The maximum Gasteiger partial charge on any atom is 0.251 e. The molecule has 2 amide bonds. The maximum absolute atomic E-state index is 12.3. The summed E-state index contributed by atoms with van der Waals surface area (Å²) >= 11 is 0. The van der Waals surface area contributed by atoms with Gasteiger partial charge < -0.3 is 15.5 Å². The molecule has 0 fully saturated rings. The van der Waals surface area contributed by atoms with Crippen molar-refractivity contribution >= 4 is 11.8 Å². The molecule has 1 atom stereocenters. The Bertz CT molecular complexity index is 714. The number of hydrogen-bond donors (Lipinski definition) is 2. The fourth-order valence-electron chi connectivity index (χ4n) is 2.58. The number of aryl methyl sites for hydroxylation is 1. The molecule has 0 spiro atoms. The van der Waals surface area contributed by atoms with Crippen LogP contribution in [0.4, 0.5) is 0 Å². The molecule has 5 heteroatoms. The van der Waals surface area contributed by atoms with Crippen molar-refractivity contribution in [1.29, 1.82) is 0 Å². The van der Waals surface area contributed by atoms with Crippen molar-refractivity contribution in [3.8, 4) is 0 Å². The highest BCUT2D eigenvalue weighted by atomic mass is 16.2. The molecule has 0 saturated carbocycles. The summed E-state index contributed by atoms with van der Waals surface area (Å²) in [5.41, 5.74) is 2.60. The van der Waals surface area contributed by atoms with Crippen LogP contribution in [0, 0.1) is 6.92 Å². The lowest BCUT2D eigenvalue weighted by Crippen LogP contribution is -2.41. The van der Waals surface area contributed by atoms with E-state index in [0.717, 1.165) is 11.1 Å². The summed E-state index contributed by atoms with van der Waals surface area (Å²) in [6.07, 6.45) is 0. The predicted molar refractivity (Wildman–Crippen MR) is 99.4 cm³/mol. The van der Waals surface area contributed by atoms with Crippen molar-refractivity contribution in [3.05, 3.63) is 71.3 Å². The molecule has 0 heterocycles. The molecule has 0 aliphatic rings. The molecular weight excluding hydrogens is 314 g/mol. The first kappa shape index (κ1) is 18.7. The van der Waals surface area contributed by atoms with Crippen LogP contribution in [-0.4, -0.2) is 43.9 Å². The van der Waals surface area contributed by atoms with E-state index in [0.29, 0.717) is 12.1 Å². The van der Waals surface area contributed by atoms with Crippen LogP contribution in [0.2, 0.25) is 0 Å². The zero-order valence-corrected chi connectivity index (χ0v) is 15.0. The fraction of sp³-hybridized carbons (Fsp3) is 0.300. The first-order chi connectivity index (χ1) is 12.0. The molecule has 0 aliphatic heterocycles. The Morgan fingerprint density at radius 2 is 1.76 bits per heavy atom. The largest absolute Gasteiger partial charge is 0.346 e. The van der Waals surface area contributed by atoms with Gasteiger partial charge in [0.2, 0.25) is 5.91 Å². The third-order valence-corrected chi connectivity index (χ3v) is 3.77. The Morgan fingerprint density at radius 1 is 1.04 bits per heavy atom. The number of nitrogens with zero attached hydrogens (tertiary/aromatic N) is 1. The van der Waals surface area contributed by atoms with Gasteiger partial charge in [-0.2, -0.15) is 0 Å². The number of benzene rings is 2. The third-order valence-electron chi connectivity index (χ3n) is 3.77. The Hall–Kier alpha value is -2.66. The van der Waals surface area contributed by atoms with Crippen LogP contribution < -0.4 is 10.6 Å². The molecule has 5 nitrogen and oxygen atoms in total. The van der Waals surface area contributed by atoms with Gasteiger partial charge in [0.25, 0.3) is 5.91 Å². The van der Waals surface area contributed by atoms with Crippen molar-refractivity contribution < 1.29 is 9.59 Å². The molecule has 0 aliphatic carbocycles. The van der Waals surface area contributed by atoms with Gasteiger partial charge >= 0.3 is 0 Å². The minimum absolute atomic E-state index is 0.0520. The lowest BCUT2D eigenvalue weighted by molar-refractivity contribution is -0.121. The lowest BCUT2D eigenvalue weighted by Gasteiger charge is -2.23. The number of likely N-dealkylation sites (N-methyl/N-ethyl adjacent to an activating group) is 1. The van der Waals surface area contributed by atoms with E-state index >= 15 is 0 Å². The Labute approximate surface area is 149 Å². The van der Waals surface area contributed by atoms with Crippen LogP contribution >= 0.6 is 0 Å². The summed E-state index contributed by atoms with van der Waals surface area (Å²) in [6.45, 7) is 2.56. The minimum atomic E-state index is -0.247. The van der Waals surface area contributed by atoms with Gasteiger partial charge in [-0.1, -0.05) is 48.0 Å². The van der Waals surface area contributed by atoms with Gasteiger partial charge in [0, 0.05) is 12.1 Å². The molecule has 2 N–H and O–H groups in total. The van der Waals surface area contributed by atoms with E-state index < -0.39 is 0 Å². The second-order valence-electron chi connectivity index (χ2n) is 6.35.